The number of carbonyl (C=O) groups is 1. The van der Waals surface area contributed by atoms with Gasteiger partial charge in [-0.2, -0.15) is 0 Å². The zero-order valence-electron chi connectivity index (χ0n) is 12.6. The van der Waals surface area contributed by atoms with Crippen molar-refractivity contribution in [2.75, 3.05) is 5.73 Å². The predicted octanol–water partition coefficient (Wildman–Crippen LogP) is 2.38. The normalized spacial score (nSPS) is 14.1. The second-order valence-electron chi connectivity index (χ2n) is 5.00. The predicted molar refractivity (Wildman–Crippen MR) is 84.0 cm³/mol. The molecule has 0 aliphatic carbocycles. The van der Waals surface area contributed by atoms with Gasteiger partial charge in [0.25, 0.3) is 0 Å². The summed E-state index contributed by atoms with van der Waals surface area (Å²) in [7, 11) is -1.44. The molecule has 4 nitrogen and oxygen atoms in total. The molecule has 2 atom stereocenters. The fourth-order valence-electron chi connectivity index (χ4n) is 1.91. The molecule has 0 bridgehead atoms. The summed E-state index contributed by atoms with van der Waals surface area (Å²) in [6, 6.07) is 5.52. The lowest BCUT2D eigenvalue weighted by Gasteiger charge is -2.18. The maximum atomic E-state index is 12.5. The summed E-state index contributed by atoms with van der Waals surface area (Å²) in [6.45, 7) is 7.63. The van der Waals surface area contributed by atoms with Crippen molar-refractivity contribution in [1.29, 1.82) is 0 Å². The molecule has 0 aliphatic heterocycles. The molecule has 0 aromatic heterocycles. The van der Waals surface area contributed by atoms with Gasteiger partial charge in [0.1, 0.15) is 5.25 Å². The van der Waals surface area contributed by atoms with Crippen LogP contribution in [-0.4, -0.2) is 21.4 Å². The molecule has 0 saturated carbocycles. The average molecular weight is 296 g/mol. The quantitative estimate of drug-likeness (QED) is 0.792. The Morgan fingerprint density at radius 2 is 1.95 bits per heavy atom. The summed E-state index contributed by atoms with van der Waals surface area (Å²) in [6.07, 6.45) is 1.74. The van der Waals surface area contributed by atoms with E-state index in [9.17, 15) is 9.00 Å². The lowest BCUT2D eigenvalue weighted by Crippen LogP contribution is -2.41. The van der Waals surface area contributed by atoms with Crippen molar-refractivity contribution < 1.29 is 9.00 Å². The third-order valence-corrected chi connectivity index (χ3v) is 5.05. The van der Waals surface area contributed by atoms with Crippen LogP contribution in [0.15, 0.2) is 23.1 Å². The van der Waals surface area contributed by atoms with Crippen LogP contribution in [0.5, 0.6) is 0 Å². The molecule has 1 aromatic rings. The Bertz CT molecular complexity index is 499. The number of rotatable bonds is 6. The first-order valence-corrected chi connectivity index (χ1v) is 8.19. The molecule has 1 rings (SSSR count). The Balaban J connectivity index is 2.85. The van der Waals surface area contributed by atoms with Gasteiger partial charge in [0.05, 0.1) is 15.7 Å². The molecule has 112 valence electrons. The van der Waals surface area contributed by atoms with Gasteiger partial charge in [-0.25, -0.2) is 0 Å². The molecule has 0 aliphatic rings. The molecule has 3 N–H and O–H groups in total. The number of hydrogen-bond donors (Lipinski definition) is 2. The van der Waals surface area contributed by atoms with Crippen molar-refractivity contribution in [3.8, 4) is 0 Å². The molecule has 0 heterocycles. The van der Waals surface area contributed by atoms with Crippen molar-refractivity contribution in [3.63, 3.8) is 0 Å². The van der Waals surface area contributed by atoms with Crippen LogP contribution >= 0.6 is 0 Å². The first-order chi connectivity index (χ1) is 9.40. The largest absolute Gasteiger partial charge is 0.398 e. The third-order valence-electron chi connectivity index (χ3n) is 3.41. The van der Waals surface area contributed by atoms with Crippen molar-refractivity contribution in [1.82, 2.24) is 5.32 Å². The molecule has 1 amide bonds. The summed E-state index contributed by atoms with van der Waals surface area (Å²) in [5.41, 5.74) is 7.31. The zero-order valence-corrected chi connectivity index (χ0v) is 13.4. The van der Waals surface area contributed by atoms with Crippen molar-refractivity contribution in [2.45, 2.75) is 56.7 Å². The van der Waals surface area contributed by atoms with E-state index >= 15 is 0 Å². The average Bonchev–Trinajstić information content (AvgIpc) is 2.45. The Hall–Kier alpha value is -1.36. The fraction of sp³-hybridized carbons (Fsp3) is 0.533. The number of benzene rings is 1. The van der Waals surface area contributed by atoms with Gasteiger partial charge < -0.3 is 11.1 Å². The van der Waals surface area contributed by atoms with E-state index in [1.165, 1.54) is 0 Å². The van der Waals surface area contributed by atoms with Gasteiger partial charge in [-0.15, -0.1) is 0 Å². The van der Waals surface area contributed by atoms with E-state index in [4.69, 9.17) is 5.73 Å². The van der Waals surface area contributed by atoms with E-state index in [0.29, 0.717) is 10.6 Å². The van der Waals surface area contributed by atoms with Crippen LogP contribution in [0.1, 0.15) is 39.2 Å². The molecule has 20 heavy (non-hydrogen) atoms. The SMILES string of the molecule is CCC(CC)NC(=O)C(C)S(=O)c1cc(C)ccc1N. The van der Waals surface area contributed by atoms with Gasteiger partial charge in [0, 0.05) is 11.7 Å². The minimum Gasteiger partial charge on any atom is -0.398 e. The van der Waals surface area contributed by atoms with Gasteiger partial charge in [0.2, 0.25) is 5.91 Å². The van der Waals surface area contributed by atoms with Crippen LogP contribution in [0, 0.1) is 6.92 Å². The molecule has 5 heteroatoms. The monoisotopic (exact) mass is 296 g/mol. The number of carbonyl (C=O) groups excluding carboxylic acids is 1. The summed E-state index contributed by atoms with van der Waals surface area (Å²) < 4.78 is 12.5. The number of nitrogens with one attached hydrogen (secondary N) is 1. The van der Waals surface area contributed by atoms with Crippen molar-refractivity contribution >= 4 is 22.4 Å². The topological polar surface area (TPSA) is 72.2 Å². The van der Waals surface area contributed by atoms with E-state index in [2.05, 4.69) is 5.32 Å². The van der Waals surface area contributed by atoms with Crippen LogP contribution in [0.4, 0.5) is 5.69 Å². The van der Waals surface area contributed by atoms with Crippen LogP contribution in [0.25, 0.3) is 0 Å². The van der Waals surface area contributed by atoms with Crippen molar-refractivity contribution in [2.24, 2.45) is 0 Å². The van der Waals surface area contributed by atoms with Crippen LogP contribution in [0.2, 0.25) is 0 Å². The molecule has 0 spiro atoms. The Labute approximate surface area is 123 Å². The lowest BCUT2D eigenvalue weighted by molar-refractivity contribution is -0.121. The number of nitrogens with two attached hydrogens (primary N) is 1. The van der Waals surface area contributed by atoms with E-state index in [1.807, 2.05) is 26.8 Å². The van der Waals surface area contributed by atoms with E-state index in [1.54, 1.807) is 19.1 Å². The zero-order chi connectivity index (χ0) is 15.3. The van der Waals surface area contributed by atoms with Gasteiger partial charge in [-0.3, -0.25) is 9.00 Å². The highest BCUT2D eigenvalue weighted by atomic mass is 32.2. The van der Waals surface area contributed by atoms with Gasteiger partial charge in [-0.05, 0) is 44.4 Å². The highest BCUT2D eigenvalue weighted by molar-refractivity contribution is 7.86. The maximum absolute atomic E-state index is 12.5. The molecule has 2 unspecified atom stereocenters. The first kappa shape index (κ1) is 16.7. The van der Waals surface area contributed by atoms with E-state index in [0.717, 1.165) is 18.4 Å². The summed E-state index contributed by atoms with van der Waals surface area (Å²) in [4.78, 5) is 12.7. The molecule has 0 saturated heterocycles. The number of aryl methyl sites for hydroxylation is 1. The smallest absolute Gasteiger partial charge is 0.236 e. The second-order valence-corrected chi connectivity index (χ2v) is 6.74. The van der Waals surface area contributed by atoms with Gasteiger partial charge in [0.15, 0.2) is 0 Å². The van der Waals surface area contributed by atoms with Crippen LogP contribution in [0.3, 0.4) is 0 Å². The number of hydrogen-bond acceptors (Lipinski definition) is 3. The number of nitrogen functional groups attached to an aromatic ring is 1. The highest BCUT2D eigenvalue weighted by Crippen LogP contribution is 2.21. The van der Waals surface area contributed by atoms with Gasteiger partial charge in [-0.1, -0.05) is 19.9 Å². The van der Waals surface area contributed by atoms with Crippen LogP contribution in [-0.2, 0) is 15.6 Å². The van der Waals surface area contributed by atoms with E-state index in [-0.39, 0.29) is 11.9 Å². The standard InChI is InChI=1S/C15H24N2O2S/c1-5-12(6-2)17-15(18)11(4)20(19)14-9-10(3)7-8-13(14)16/h7-9,11-12H,5-6,16H2,1-4H3,(H,17,18). The van der Waals surface area contributed by atoms with Crippen LogP contribution < -0.4 is 11.1 Å². The fourth-order valence-corrected chi connectivity index (χ4v) is 3.16. The minimum atomic E-state index is -1.44. The third kappa shape index (κ3) is 4.07. The first-order valence-electron chi connectivity index (χ1n) is 6.97. The summed E-state index contributed by atoms with van der Waals surface area (Å²) >= 11 is 0. The molecular weight excluding hydrogens is 272 g/mol. The summed E-state index contributed by atoms with van der Waals surface area (Å²) in [5.74, 6) is -0.182. The maximum Gasteiger partial charge on any atom is 0.236 e. The van der Waals surface area contributed by atoms with E-state index < -0.39 is 16.0 Å². The Kier molecular flexibility index (Phi) is 6.20. The number of anilines is 1. The minimum absolute atomic E-state index is 0.136. The summed E-state index contributed by atoms with van der Waals surface area (Å²) in [5, 5.41) is 2.32. The van der Waals surface area contributed by atoms with Crippen molar-refractivity contribution in [3.05, 3.63) is 23.8 Å². The number of amides is 1. The Morgan fingerprint density at radius 3 is 2.50 bits per heavy atom. The second kappa shape index (κ2) is 7.43. The highest BCUT2D eigenvalue weighted by Gasteiger charge is 2.24. The Morgan fingerprint density at radius 1 is 1.35 bits per heavy atom. The van der Waals surface area contributed by atoms with Gasteiger partial charge >= 0.3 is 0 Å². The molecular formula is C15H24N2O2S. The lowest BCUT2D eigenvalue weighted by atomic mass is 10.2. The molecule has 0 radical (unpaired) electrons. The molecule has 1 aromatic carbocycles. The molecule has 0 fully saturated rings.